The lowest BCUT2D eigenvalue weighted by Crippen LogP contribution is -2.17. The zero-order valence-electron chi connectivity index (χ0n) is 17.3. The molecule has 152 valence electrons. The number of nitrogens with zero attached hydrogens (tertiary/aromatic N) is 1. The number of ether oxygens (including phenoxy) is 1. The molecular formula is C23H38N2O2. The summed E-state index contributed by atoms with van der Waals surface area (Å²) < 4.78 is 5.53. The van der Waals surface area contributed by atoms with Gasteiger partial charge in [0.1, 0.15) is 5.75 Å². The van der Waals surface area contributed by atoms with Crippen LogP contribution in [0.4, 0.5) is 0 Å². The van der Waals surface area contributed by atoms with Crippen LogP contribution in [0.3, 0.4) is 0 Å². The smallest absolute Gasteiger partial charge is 0.240 e. The maximum Gasteiger partial charge on any atom is 0.240 e. The summed E-state index contributed by atoms with van der Waals surface area (Å²) in [6, 6.07) is 7.67. The first-order valence-corrected chi connectivity index (χ1v) is 10.8. The van der Waals surface area contributed by atoms with Crippen molar-refractivity contribution in [1.29, 1.82) is 0 Å². The van der Waals surface area contributed by atoms with Crippen LogP contribution in [0.2, 0.25) is 0 Å². The van der Waals surface area contributed by atoms with Gasteiger partial charge < -0.3 is 4.74 Å². The second-order valence-corrected chi connectivity index (χ2v) is 7.05. The number of hydrazone groups is 1. The Morgan fingerprint density at radius 3 is 2.15 bits per heavy atom. The Morgan fingerprint density at radius 2 is 1.52 bits per heavy atom. The number of carbonyl (C=O) groups is 1. The summed E-state index contributed by atoms with van der Waals surface area (Å²) in [7, 11) is 0. The minimum atomic E-state index is -0.0175. The number of hydrogen-bond acceptors (Lipinski definition) is 3. The number of unbranched alkanes of at least 4 members (excludes halogenated alkanes) is 10. The largest absolute Gasteiger partial charge is 0.493 e. The maximum atomic E-state index is 11.8. The third-order valence-corrected chi connectivity index (χ3v) is 4.62. The molecule has 4 heteroatoms. The summed E-state index contributed by atoms with van der Waals surface area (Å²) in [6.45, 7) is 4.81. The Labute approximate surface area is 165 Å². The lowest BCUT2D eigenvalue weighted by Gasteiger charge is -2.06. The standard InChI is InChI=1S/C23H38N2O2/c1-3-5-6-7-8-9-10-11-12-13-14-19-23(26)25-24-20-21-17-15-16-18-22(21)27-4-2/h15-18,20H,3-14,19H2,1-2H3,(H,25,26)/b24-20+. The van der Waals surface area contributed by atoms with Crippen molar-refractivity contribution in [3.8, 4) is 5.75 Å². The number of benzene rings is 1. The second-order valence-electron chi connectivity index (χ2n) is 7.05. The molecule has 0 aromatic heterocycles. The van der Waals surface area contributed by atoms with E-state index < -0.39 is 0 Å². The van der Waals surface area contributed by atoms with Crippen LogP contribution in [0.5, 0.6) is 5.75 Å². The summed E-state index contributed by atoms with van der Waals surface area (Å²) in [4.78, 5) is 11.8. The van der Waals surface area contributed by atoms with Gasteiger partial charge in [-0.05, 0) is 25.5 Å². The molecule has 1 aromatic rings. The Kier molecular flexibility index (Phi) is 14.0. The highest BCUT2D eigenvalue weighted by Gasteiger charge is 2.01. The fraction of sp³-hybridized carbons (Fsp3) is 0.652. The van der Waals surface area contributed by atoms with E-state index in [0.29, 0.717) is 13.0 Å². The van der Waals surface area contributed by atoms with Gasteiger partial charge in [-0.2, -0.15) is 5.10 Å². The summed E-state index contributed by atoms with van der Waals surface area (Å²) in [5, 5.41) is 4.05. The second kappa shape index (κ2) is 16.3. The molecule has 27 heavy (non-hydrogen) atoms. The number of hydrogen-bond donors (Lipinski definition) is 1. The topological polar surface area (TPSA) is 50.7 Å². The van der Waals surface area contributed by atoms with Crippen molar-refractivity contribution in [1.82, 2.24) is 5.43 Å². The van der Waals surface area contributed by atoms with Gasteiger partial charge in [0, 0.05) is 12.0 Å². The van der Waals surface area contributed by atoms with Gasteiger partial charge in [0.25, 0.3) is 0 Å². The van der Waals surface area contributed by atoms with E-state index in [9.17, 15) is 4.79 Å². The normalized spacial score (nSPS) is 11.0. The summed E-state index contributed by atoms with van der Waals surface area (Å²) >= 11 is 0. The molecule has 0 unspecified atom stereocenters. The first kappa shape index (κ1) is 23.2. The predicted molar refractivity (Wildman–Crippen MR) is 114 cm³/mol. The highest BCUT2D eigenvalue weighted by Crippen LogP contribution is 2.15. The van der Waals surface area contributed by atoms with Crippen LogP contribution >= 0.6 is 0 Å². The van der Waals surface area contributed by atoms with Crippen LogP contribution in [0, 0.1) is 0 Å². The molecule has 0 bridgehead atoms. The van der Waals surface area contributed by atoms with Gasteiger partial charge in [-0.1, -0.05) is 83.3 Å². The van der Waals surface area contributed by atoms with Gasteiger partial charge in [-0.3, -0.25) is 4.79 Å². The van der Waals surface area contributed by atoms with Crippen molar-refractivity contribution < 1.29 is 9.53 Å². The zero-order valence-corrected chi connectivity index (χ0v) is 17.3. The fourth-order valence-electron chi connectivity index (χ4n) is 3.05. The number of nitrogens with one attached hydrogen (secondary N) is 1. The number of amides is 1. The van der Waals surface area contributed by atoms with Crippen molar-refractivity contribution in [2.24, 2.45) is 5.10 Å². The average molecular weight is 375 g/mol. The molecule has 1 aromatic carbocycles. The summed E-state index contributed by atoms with van der Waals surface area (Å²) in [5.41, 5.74) is 3.48. The third-order valence-electron chi connectivity index (χ3n) is 4.62. The molecule has 0 aliphatic heterocycles. The summed E-state index contributed by atoms with van der Waals surface area (Å²) in [6.07, 6.45) is 16.3. The van der Waals surface area contributed by atoms with E-state index in [4.69, 9.17) is 4.74 Å². The number of para-hydroxylation sites is 1. The van der Waals surface area contributed by atoms with Gasteiger partial charge >= 0.3 is 0 Å². The van der Waals surface area contributed by atoms with Gasteiger partial charge in [0.15, 0.2) is 0 Å². The van der Waals surface area contributed by atoms with Gasteiger partial charge in [0.2, 0.25) is 5.91 Å². The van der Waals surface area contributed by atoms with Gasteiger partial charge in [-0.25, -0.2) is 5.43 Å². The monoisotopic (exact) mass is 374 g/mol. The van der Waals surface area contributed by atoms with E-state index in [2.05, 4.69) is 17.5 Å². The molecule has 0 aliphatic carbocycles. The van der Waals surface area contributed by atoms with E-state index in [1.54, 1.807) is 6.21 Å². The minimum absolute atomic E-state index is 0.0175. The van der Waals surface area contributed by atoms with Gasteiger partial charge in [-0.15, -0.1) is 0 Å². The first-order chi connectivity index (χ1) is 13.3. The van der Waals surface area contributed by atoms with E-state index in [0.717, 1.165) is 24.2 Å². The van der Waals surface area contributed by atoms with Crippen molar-refractivity contribution in [3.05, 3.63) is 29.8 Å². The minimum Gasteiger partial charge on any atom is -0.493 e. The number of carbonyl (C=O) groups excluding carboxylic acids is 1. The molecule has 1 amide bonds. The van der Waals surface area contributed by atoms with Crippen LogP contribution in [-0.2, 0) is 4.79 Å². The average Bonchev–Trinajstić information content (AvgIpc) is 2.67. The van der Waals surface area contributed by atoms with Crippen LogP contribution in [0.25, 0.3) is 0 Å². The molecule has 0 fully saturated rings. The molecule has 0 saturated carbocycles. The van der Waals surface area contributed by atoms with E-state index in [1.807, 2.05) is 31.2 Å². The fourth-order valence-corrected chi connectivity index (χ4v) is 3.05. The van der Waals surface area contributed by atoms with E-state index >= 15 is 0 Å². The highest BCUT2D eigenvalue weighted by molar-refractivity contribution is 5.85. The molecule has 0 radical (unpaired) electrons. The summed E-state index contributed by atoms with van der Waals surface area (Å²) in [5.74, 6) is 0.763. The van der Waals surface area contributed by atoms with Crippen LogP contribution in [0.15, 0.2) is 29.4 Å². The molecule has 0 spiro atoms. The molecule has 0 atom stereocenters. The maximum absolute atomic E-state index is 11.8. The Balaban J connectivity index is 2.03. The Hall–Kier alpha value is -1.84. The Bertz CT molecular complexity index is 529. The van der Waals surface area contributed by atoms with Crippen molar-refractivity contribution in [2.75, 3.05) is 6.61 Å². The highest BCUT2D eigenvalue weighted by atomic mass is 16.5. The van der Waals surface area contributed by atoms with Crippen LogP contribution in [-0.4, -0.2) is 18.7 Å². The molecule has 1 rings (SSSR count). The molecule has 1 N–H and O–H groups in total. The van der Waals surface area contributed by atoms with Gasteiger partial charge in [0.05, 0.1) is 12.8 Å². The quantitative estimate of drug-likeness (QED) is 0.212. The lowest BCUT2D eigenvalue weighted by molar-refractivity contribution is -0.121. The molecule has 0 saturated heterocycles. The third kappa shape index (κ3) is 12.2. The van der Waals surface area contributed by atoms with E-state index in [-0.39, 0.29) is 5.91 Å². The molecular weight excluding hydrogens is 336 g/mol. The van der Waals surface area contributed by atoms with Crippen molar-refractivity contribution in [3.63, 3.8) is 0 Å². The number of rotatable bonds is 16. The lowest BCUT2D eigenvalue weighted by atomic mass is 10.1. The van der Waals surface area contributed by atoms with E-state index in [1.165, 1.54) is 57.8 Å². The van der Waals surface area contributed by atoms with Crippen molar-refractivity contribution in [2.45, 2.75) is 90.9 Å². The Morgan fingerprint density at radius 1 is 0.926 bits per heavy atom. The molecule has 0 heterocycles. The first-order valence-electron chi connectivity index (χ1n) is 10.8. The molecule has 4 nitrogen and oxygen atoms in total. The molecule has 0 aliphatic rings. The van der Waals surface area contributed by atoms with Crippen LogP contribution < -0.4 is 10.2 Å². The predicted octanol–water partition coefficient (Wildman–Crippen LogP) is 6.24. The van der Waals surface area contributed by atoms with Crippen molar-refractivity contribution >= 4 is 12.1 Å². The zero-order chi connectivity index (χ0) is 19.6. The SMILES string of the molecule is CCCCCCCCCCCCCC(=O)N/N=C/c1ccccc1OCC. The van der Waals surface area contributed by atoms with Crippen LogP contribution in [0.1, 0.15) is 96.5 Å².